The van der Waals surface area contributed by atoms with Crippen LogP contribution in [-0.4, -0.2) is 19.2 Å². The van der Waals surface area contributed by atoms with Gasteiger partial charge in [-0.05, 0) is 59.9 Å². The third kappa shape index (κ3) is 5.16. The molecule has 1 aromatic carbocycles. The molecule has 0 aliphatic rings. The molecule has 0 saturated heterocycles. The highest BCUT2D eigenvalue weighted by Gasteiger charge is 1.94. The number of hydrogen-bond donors (Lipinski definition) is 0. The SMILES string of the molecule is CCOC(=O)/C=C/COc1ccc(I)cc1. The summed E-state index contributed by atoms with van der Waals surface area (Å²) >= 11 is 2.23. The number of hydrogen-bond acceptors (Lipinski definition) is 3. The van der Waals surface area contributed by atoms with Crippen molar-refractivity contribution in [2.24, 2.45) is 0 Å². The van der Waals surface area contributed by atoms with Crippen LogP contribution < -0.4 is 4.74 Å². The Morgan fingerprint density at radius 3 is 2.69 bits per heavy atom. The molecule has 0 spiro atoms. The fourth-order valence-electron chi connectivity index (χ4n) is 1.01. The van der Waals surface area contributed by atoms with E-state index in [9.17, 15) is 4.79 Å². The van der Waals surface area contributed by atoms with Crippen LogP contribution in [0.5, 0.6) is 5.75 Å². The van der Waals surface area contributed by atoms with Crippen molar-refractivity contribution < 1.29 is 14.3 Å². The number of rotatable bonds is 5. The van der Waals surface area contributed by atoms with Crippen molar-refractivity contribution in [2.45, 2.75) is 6.92 Å². The normalized spacial score (nSPS) is 10.4. The van der Waals surface area contributed by atoms with Crippen LogP contribution in [0.25, 0.3) is 0 Å². The van der Waals surface area contributed by atoms with Gasteiger partial charge in [-0.25, -0.2) is 4.79 Å². The number of ether oxygens (including phenoxy) is 2. The molecule has 0 aliphatic heterocycles. The number of benzene rings is 1. The average Bonchev–Trinajstić information content (AvgIpc) is 2.27. The molecule has 3 nitrogen and oxygen atoms in total. The molecule has 0 aromatic heterocycles. The second-order valence-corrected chi connectivity index (χ2v) is 4.16. The fraction of sp³-hybridized carbons (Fsp3) is 0.250. The summed E-state index contributed by atoms with van der Waals surface area (Å²) in [6, 6.07) is 7.70. The molecule has 0 amide bonds. The first-order valence-electron chi connectivity index (χ1n) is 4.94. The monoisotopic (exact) mass is 332 g/mol. The predicted molar refractivity (Wildman–Crippen MR) is 70.4 cm³/mol. The van der Waals surface area contributed by atoms with Gasteiger partial charge in [0.1, 0.15) is 12.4 Å². The van der Waals surface area contributed by atoms with Crippen molar-refractivity contribution >= 4 is 28.6 Å². The van der Waals surface area contributed by atoms with E-state index in [-0.39, 0.29) is 5.97 Å². The lowest BCUT2D eigenvalue weighted by Crippen LogP contribution is -2.00. The summed E-state index contributed by atoms with van der Waals surface area (Å²) in [6.45, 7) is 2.52. The number of esters is 1. The van der Waals surface area contributed by atoms with Gasteiger partial charge in [-0.2, -0.15) is 0 Å². The van der Waals surface area contributed by atoms with E-state index in [1.165, 1.54) is 6.08 Å². The highest BCUT2D eigenvalue weighted by atomic mass is 127. The molecule has 4 heteroatoms. The van der Waals surface area contributed by atoms with Crippen LogP contribution in [0.15, 0.2) is 36.4 Å². The molecule has 0 unspecified atom stereocenters. The minimum atomic E-state index is -0.339. The predicted octanol–water partition coefficient (Wildman–Crippen LogP) is 2.79. The summed E-state index contributed by atoms with van der Waals surface area (Å²) in [5.74, 6) is 0.447. The van der Waals surface area contributed by atoms with Gasteiger partial charge in [-0.15, -0.1) is 0 Å². The van der Waals surface area contributed by atoms with E-state index in [0.717, 1.165) is 9.32 Å². The smallest absolute Gasteiger partial charge is 0.330 e. The van der Waals surface area contributed by atoms with E-state index in [1.54, 1.807) is 13.0 Å². The molecule has 0 fully saturated rings. The van der Waals surface area contributed by atoms with Gasteiger partial charge in [0.2, 0.25) is 0 Å². The van der Waals surface area contributed by atoms with Crippen molar-refractivity contribution in [3.05, 3.63) is 40.0 Å². The summed E-state index contributed by atoms with van der Waals surface area (Å²) in [5.41, 5.74) is 0. The largest absolute Gasteiger partial charge is 0.490 e. The molecule has 0 bridgehead atoms. The van der Waals surface area contributed by atoms with Crippen molar-refractivity contribution in [3.8, 4) is 5.75 Å². The van der Waals surface area contributed by atoms with Crippen molar-refractivity contribution in [3.63, 3.8) is 0 Å². The maximum absolute atomic E-state index is 10.9. The fourth-order valence-corrected chi connectivity index (χ4v) is 1.37. The Kier molecular flexibility index (Phi) is 5.92. The van der Waals surface area contributed by atoms with Crippen molar-refractivity contribution in [2.75, 3.05) is 13.2 Å². The van der Waals surface area contributed by atoms with Crippen LogP contribution in [0.4, 0.5) is 0 Å². The van der Waals surface area contributed by atoms with Gasteiger partial charge in [-0.1, -0.05) is 0 Å². The summed E-state index contributed by atoms with van der Waals surface area (Å²) in [7, 11) is 0. The van der Waals surface area contributed by atoms with Gasteiger partial charge >= 0.3 is 5.97 Å². The van der Waals surface area contributed by atoms with Gasteiger partial charge in [0.05, 0.1) is 6.61 Å². The molecule has 86 valence electrons. The number of carbonyl (C=O) groups is 1. The van der Waals surface area contributed by atoms with Gasteiger partial charge in [0.25, 0.3) is 0 Å². The lowest BCUT2D eigenvalue weighted by Gasteiger charge is -2.02. The molecule has 0 aliphatic carbocycles. The highest BCUT2D eigenvalue weighted by Crippen LogP contribution is 2.13. The van der Waals surface area contributed by atoms with Gasteiger partial charge < -0.3 is 9.47 Å². The molecular weight excluding hydrogens is 319 g/mol. The highest BCUT2D eigenvalue weighted by molar-refractivity contribution is 14.1. The Morgan fingerprint density at radius 1 is 1.38 bits per heavy atom. The average molecular weight is 332 g/mol. The zero-order valence-electron chi connectivity index (χ0n) is 8.98. The van der Waals surface area contributed by atoms with E-state index in [2.05, 4.69) is 22.6 Å². The van der Waals surface area contributed by atoms with Crippen molar-refractivity contribution in [1.29, 1.82) is 0 Å². The van der Waals surface area contributed by atoms with E-state index < -0.39 is 0 Å². The number of carbonyl (C=O) groups excluding carboxylic acids is 1. The zero-order valence-corrected chi connectivity index (χ0v) is 11.1. The molecule has 0 radical (unpaired) electrons. The van der Waals surface area contributed by atoms with Crippen LogP contribution in [0, 0.1) is 3.57 Å². The number of halogens is 1. The molecule has 1 aromatic rings. The zero-order chi connectivity index (χ0) is 11.8. The van der Waals surface area contributed by atoms with E-state index in [1.807, 2.05) is 24.3 Å². The van der Waals surface area contributed by atoms with E-state index in [0.29, 0.717) is 13.2 Å². The molecule has 0 N–H and O–H groups in total. The third-order valence-electron chi connectivity index (χ3n) is 1.70. The maximum atomic E-state index is 10.9. The maximum Gasteiger partial charge on any atom is 0.330 e. The second-order valence-electron chi connectivity index (χ2n) is 2.92. The van der Waals surface area contributed by atoms with Crippen LogP contribution in [0.2, 0.25) is 0 Å². The Bertz CT molecular complexity index is 357. The summed E-state index contributed by atoms with van der Waals surface area (Å²) in [5, 5.41) is 0. The molecular formula is C12H13IO3. The lowest BCUT2D eigenvalue weighted by atomic mass is 10.3. The van der Waals surface area contributed by atoms with Crippen LogP contribution >= 0.6 is 22.6 Å². The topological polar surface area (TPSA) is 35.5 Å². The van der Waals surface area contributed by atoms with Crippen molar-refractivity contribution in [1.82, 2.24) is 0 Å². The van der Waals surface area contributed by atoms with Gasteiger partial charge in [0, 0.05) is 9.65 Å². The van der Waals surface area contributed by atoms with Gasteiger partial charge in [-0.3, -0.25) is 0 Å². The van der Waals surface area contributed by atoms with Crippen LogP contribution in [0.3, 0.4) is 0 Å². The Balaban J connectivity index is 2.30. The first kappa shape index (κ1) is 13.0. The minimum absolute atomic E-state index is 0.339. The standard InChI is InChI=1S/C12H13IO3/c1-2-15-12(14)4-3-9-16-11-7-5-10(13)6-8-11/h3-8H,2,9H2,1H3/b4-3+. The Labute approximate surface area is 109 Å². The summed E-state index contributed by atoms with van der Waals surface area (Å²) in [6.07, 6.45) is 3.01. The lowest BCUT2D eigenvalue weighted by molar-refractivity contribution is -0.137. The Hall–Kier alpha value is -1.04. The molecule has 1 rings (SSSR count). The molecule has 0 heterocycles. The summed E-state index contributed by atoms with van der Waals surface area (Å²) in [4.78, 5) is 10.9. The molecule has 16 heavy (non-hydrogen) atoms. The van der Waals surface area contributed by atoms with Crippen LogP contribution in [0.1, 0.15) is 6.92 Å². The van der Waals surface area contributed by atoms with Gasteiger partial charge in [0.15, 0.2) is 0 Å². The second kappa shape index (κ2) is 7.27. The summed E-state index contributed by atoms with van der Waals surface area (Å²) < 4.78 is 11.3. The first-order chi connectivity index (χ1) is 7.72. The van der Waals surface area contributed by atoms with E-state index >= 15 is 0 Å². The quantitative estimate of drug-likeness (QED) is 0.473. The third-order valence-corrected chi connectivity index (χ3v) is 2.42. The first-order valence-corrected chi connectivity index (χ1v) is 6.02. The molecule has 0 atom stereocenters. The molecule has 0 saturated carbocycles. The van der Waals surface area contributed by atoms with E-state index in [4.69, 9.17) is 9.47 Å². The Morgan fingerprint density at radius 2 is 2.06 bits per heavy atom. The minimum Gasteiger partial charge on any atom is -0.490 e. The van der Waals surface area contributed by atoms with Crippen LogP contribution in [-0.2, 0) is 9.53 Å².